The summed E-state index contributed by atoms with van der Waals surface area (Å²) >= 11 is 1.61. The zero-order chi connectivity index (χ0) is 11.3. The molecule has 0 saturated heterocycles. The van der Waals surface area contributed by atoms with Crippen LogP contribution in [-0.4, -0.2) is 30.2 Å². The molecule has 0 bridgehead atoms. The first-order valence-electron chi connectivity index (χ1n) is 5.07. The molecule has 2 nitrogen and oxygen atoms in total. The van der Waals surface area contributed by atoms with Crippen molar-refractivity contribution < 1.29 is 4.79 Å². The maximum atomic E-state index is 11.6. The van der Waals surface area contributed by atoms with E-state index in [1.165, 1.54) is 10.5 Å². The van der Waals surface area contributed by atoms with E-state index >= 15 is 0 Å². The van der Waals surface area contributed by atoms with Crippen LogP contribution in [0, 0.1) is 6.92 Å². The average molecular weight is 223 g/mol. The van der Waals surface area contributed by atoms with E-state index in [1.54, 1.807) is 16.7 Å². The number of rotatable bonds is 4. The summed E-state index contributed by atoms with van der Waals surface area (Å²) in [5.74, 6) is 0.709. The van der Waals surface area contributed by atoms with Gasteiger partial charge in [0.2, 0.25) is 5.91 Å². The highest BCUT2D eigenvalue weighted by molar-refractivity contribution is 8.00. The molecule has 82 valence electrons. The molecule has 1 rings (SSSR count). The van der Waals surface area contributed by atoms with Gasteiger partial charge in [-0.15, -0.1) is 11.8 Å². The Morgan fingerprint density at radius 1 is 1.40 bits per heavy atom. The van der Waals surface area contributed by atoms with Crippen molar-refractivity contribution in [3.63, 3.8) is 0 Å². The molecule has 0 aliphatic carbocycles. The lowest BCUT2D eigenvalue weighted by molar-refractivity contribution is -0.126. The van der Waals surface area contributed by atoms with E-state index in [0.29, 0.717) is 5.75 Å². The van der Waals surface area contributed by atoms with Crippen LogP contribution in [0.5, 0.6) is 0 Å². The van der Waals surface area contributed by atoms with E-state index in [4.69, 9.17) is 0 Å². The molecule has 1 aromatic carbocycles. The van der Waals surface area contributed by atoms with Crippen LogP contribution in [-0.2, 0) is 4.79 Å². The Morgan fingerprint density at radius 2 is 2.07 bits per heavy atom. The summed E-state index contributed by atoms with van der Waals surface area (Å²) in [6.45, 7) is 4.82. The van der Waals surface area contributed by atoms with Crippen molar-refractivity contribution in [2.75, 3.05) is 19.3 Å². The zero-order valence-electron chi connectivity index (χ0n) is 9.49. The summed E-state index contributed by atoms with van der Waals surface area (Å²) in [5.41, 5.74) is 1.23. The van der Waals surface area contributed by atoms with E-state index in [1.807, 2.05) is 26.1 Å². The minimum absolute atomic E-state index is 0.186. The summed E-state index contributed by atoms with van der Waals surface area (Å²) in [4.78, 5) is 14.5. The van der Waals surface area contributed by atoms with Crippen molar-refractivity contribution in [2.45, 2.75) is 18.7 Å². The lowest BCUT2D eigenvalue weighted by Crippen LogP contribution is -2.27. The number of nitrogens with zero attached hydrogens (tertiary/aromatic N) is 1. The number of aryl methyl sites for hydroxylation is 1. The van der Waals surface area contributed by atoms with Crippen LogP contribution >= 0.6 is 11.8 Å². The van der Waals surface area contributed by atoms with Gasteiger partial charge in [0, 0.05) is 18.5 Å². The van der Waals surface area contributed by atoms with Gasteiger partial charge in [-0.2, -0.15) is 0 Å². The quantitative estimate of drug-likeness (QED) is 0.731. The molecule has 0 unspecified atom stereocenters. The van der Waals surface area contributed by atoms with Gasteiger partial charge in [0.15, 0.2) is 0 Å². The molecular weight excluding hydrogens is 206 g/mol. The molecule has 3 heteroatoms. The van der Waals surface area contributed by atoms with Crippen molar-refractivity contribution in [3.8, 4) is 0 Å². The van der Waals surface area contributed by atoms with Crippen molar-refractivity contribution in [2.24, 2.45) is 0 Å². The van der Waals surface area contributed by atoms with E-state index in [-0.39, 0.29) is 5.91 Å². The maximum absolute atomic E-state index is 11.6. The number of thioether (sulfide) groups is 1. The van der Waals surface area contributed by atoms with Crippen LogP contribution in [0.1, 0.15) is 12.5 Å². The molecule has 0 aliphatic rings. The molecule has 1 aromatic rings. The number of amides is 1. The normalized spacial score (nSPS) is 10.1. The second kappa shape index (κ2) is 5.81. The summed E-state index contributed by atoms with van der Waals surface area (Å²) in [7, 11) is 1.83. The molecule has 0 heterocycles. The first-order chi connectivity index (χ1) is 7.15. The van der Waals surface area contributed by atoms with Crippen molar-refractivity contribution >= 4 is 17.7 Å². The first kappa shape index (κ1) is 12.1. The molecule has 0 aromatic heterocycles. The Bertz CT molecular complexity index is 338. The Labute approximate surface area is 95.7 Å². The maximum Gasteiger partial charge on any atom is 0.232 e. The van der Waals surface area contributed by atoms with Crippen LogP contribution < -0.4 is 0 Å². The number of benzene rings is 1. The van der Waals surface area contributed by atoms with Gasteiger partial charge in [-0.3, -0.25) is 4.79 Å². The lowest BCUT2D eigenvalue weighted by Gasteiger charge is -2.14. The Kier molecular flexibility index (Phi) is 4.69. The number of hydrogen-bond acceptors (Lipinski definition) is 2. The highest BCUT2D eigenvalue weighted by Crippen LogP contribution is 2.21. The van der Waals surface area contributed by atoms with E-state index in [0.717, 1.165) is 6.54 Å². The monoisotopic (exact) mass is 223 g/mol. The Hall–Kier alpha value is -0.960. The topological polar surface area (TPSA) is 20.3 Å². The van der Waals surface area contributed by atoms with E-state index in [9.17, 15) is 4.79 Å². The number of hydrogen-bond donors (Lipinski definition) is 0. The van der Waals surface area contributed by atoms with E-state index in [2.05, 4.69) is 19.1 Å². The molecule has 0 N–H and O–H groups in total. The van der Waals surface area contributed by atoms with Crippen LogP contribution in [0.15, 0.2) is 29.2 Å². The molecule has 0 aliphatic heterocycles. The van der Waals surface area contributed by atoms with Crippen molar-refractivity contribution in [3.05, 3.63) is 29.8 Å². The van der Waals surface area contributed by atoms with Crippen LogP contribution in [0.4, 0.5) is 0 Å². The molecule has 0 fully saturated rings. The van der Waals surface area contributed by atoms with Crippen LogP contribution in [0.25, 0.3) is 0 Å². The van der Waals surface area contributed by atoms with Gasteiger partial charge in [-0.1, -0.05) is 18.2 Å². The van der Waals surface area contributed by atoms with Crippen molar-refractivity contribution in [1.82, 2.24) is 4.90 Å². The molecule has 0 spiro atoms. The predicted octanol–water partition coefficient (Wildman–Crippen LogP) is 2.57. The second-order valence-electron chi connectivity index (χ2n) is 3.46. The highest BCUT2D eigenvalue weighted by Gasteiger charge is 2.07. The largest absolute Gasteiger partial charge is 0.345 e. The van der Waals surface area contributed by atoms with E-state index < -0.39 is 0 Å². The molecule has 0 atom stereocenters. The first-order valence-corrected chi connectivity index (χ1v) is 6.06. The average Bonchev–Trinajstić information content (AvgIpc) is 2.26. The zero-order valence-corrected chi connectivity index (χ0v) is 10.3. The fraction of sp³-hybridized carbons (Fsp3) is 0.417. The minimum Gasteiger partial charge on any atom is -0.345 e. The molecular formula is C12H17NOS. The smallest absolute Gasteiger partial charge is 0.232 e. The van der Waals surface area contributed by atoms with Gasteiger partial charge in [0.1, 0.15) is 0 Å². The third-order valence-electron chi connectivity index (χ3n) is 2.34. The molecule has 1 amide bonds. The van der Waals surface area contributed by atoms with Crippen LogP contribution in [0.3, 0.4) is 0 Å². The van der Waals surface area contributed by atoms with Gasteiger partial charge in [0.05, 0.1) is 5.75 Å². The molecule has 0 radical (unpaired) electrons. The fourth-order valence-corrected chi connectivity index (χ4v) is 2.11. The number of carbonyl (C=O) groups is 1. The summed E-state index contributed by atoms with van der Waals surface area (Å²) in [6, 6.07) is 8.14. The van der Waals surface area contributed by atoms with Gasteiger partial charge >= 0.3 is 0 Å². The molecule has 0 saturated carbocycles. The third-order valence-corrected chi connectivity index (χ3v) is 3.51. The summed E-state index contributed by atoms with van der Waals surface area (Å²) in [5, 5.41) is 0. The van der Waals surface area contributed by atoms with Gasteiger partial charge in [-0.05, 0) is 25.5 Å². The third kappa shape index (κ3) is 3.59. The van der Waals surface area contributed by atoms with Gasteiger partial charge in [-0.25, -0.2) is 0 Å². The fourth-order valence-electron chi connectivity index (χ4n) is 1.14. The van der Waals surface area contributed by atoms with Gasteiger partial charge in [0.25, 0.3) is 0 Å². The minimum atomic E-state index is 0.186. The number of carbonyl (C=O) groups excluding carboxylic acids is 1. The highest BCUT2D eigenvalue weighted by atomic mass is 32.2. The van der Waals surface area contributed by atoms with Gasteiger partial charge < -0.3 is 4.90 Å². The standard InChI is InChI=1S/C12H17NOS/c1-4-13(3)12(14)9-15-11-8-6-5-7-10(11)2/h5-8H,4,9H2,1-3H3. The van der Waals surface area contributed by atoms with Crippen LogP contribution in [0.2, 0.25) is 0 Å². The SMILES string of the molecule is CCN(C)C(=O)CSc1ccccc1C. The Morgan fingerprint density at radius 3 is 2.67 bits per heavy atom. The summed E-state index contributed by atoms with van der Waals surface area (Å²) < 4.78 is 0. The predicted molar refractivity (Wildman–Crippen MR) is 65.2 cm³/mol. The molecule has 15 heavy (non-hydrogen) atoms. The van der Waals surface area contributed by atoms with Crippen molar-refractivity contribution in [1.29, 1.82) is 0 Å². The summed E-state index contributed by atoms with van der Waals surface area (Å²) in [6.07, 6.45) is 0. The Balaban J connectivity index is 2.51. The second-order valence-corrected chi connectivity index (χ2v) is 4.48. The lowest BCUT2D eigenvalue weighted by atomic mass is 10.2.